The molecule has 0 amide bonds. The lowest BCUT2D eigenvalue weighted by Gasteiger charge is -2.44. The number of aromatic nitrogens is 1. The highest BCUT2D eigenvalue weighted by Crippen LogP contribution is 2.42. The number of anilines is 1. The summed E-state index contributed by atoms with van der Waals surface area (Å²) in [5, 5.41) is 8.84. The van der Waals surface area contributed by atoms with Crippen molar-refractivity contribution < 1.29 is 23.1 Å². The first-order valence-corrected chi connectivity index (χ1v) is 11.6. The third kappa shape index (κ3) is 5.44. The average Bonchev–Trinajstić information content (AvgIpc) is 2.78. The van der Waals surface area contributed by atoms with Crippen LogP contribution in [0.3, 0.4) is 0 Å². The molecule has 1 aromatic heterocycles. The highest BCUT2D eigenvalue weighted by atomic mass is 19.1. The van der Waals surface area contributed by atoms with Crippen molar-refractivity contribution in [3.63, 3.8) is 0 Å². The zero-order valence-corrected chi connectivity index (χ0v) is 20.3. The zero-order valence-electron chi connectivity index (χ0n) is 20.3. The summed E-state index contributed by atoms with van der Waals surface area (Å²) in [5.41, 5.74) is 7.34. The zero-order chi connectivity index (χ0) is 26.2. The second-order valence-corrected chi connectivity index (χ2v) is 9.80. The third-order valence-corrected chi connectivity index (χ3v) is 6.32. The van der Waals surface area contributed by atoms with Gasteiger partial charge in [0.1, 0.15) is 23.1 Å². The van der Waals surface area contributed by atoms with Gasteiger partial charge in [0.2, 0.25) is 0 Å². The van der Waals surface area contributed by atoms with Gasteiger partial charge in [0, 0.05) is 36.0 Å². The van der Waals surface area contributed by atoms with Crippen molar-refractivity contribution >= 4 is 17.9 Å². The van der Waals surface area contributed by atoms with Crippen LogP contribution in [0, 0.1) is 11.6 Å². The largest absolute Gasteiger partial charge is 0.478 e. The predicted molar refractivity (Wildman–Crippen MR) is 134 cm³/mol. The predicted octanol–water partition coefficient (Wildman–Crippen LogP) is 5.79. The SMILES string of the molecule is CC1Cc2cc(-c3ccc(N)nc3)ccc2C(c2c(F)cc(/C=C/C(=O)O)cc2F)N1CC(C)(C)F. The molecule has 0 saturated heterocycles. The maximum absolute atomic E-state index is 15.5. The lowest BCUT2D eigenvalue weighted by atomic mass is 9.82. The minimum absolute atomic E-state index is 0.0263. The van der Waals surface area contributed by atoms with E-state index in [0.29, 0.717) is 17.8 Å². The van der Waals surface area contributed by atoms with Gasteiger partial charge in [-0.2, -0.15) is 0 Å². The molecule has 1 aliphatic heterocycles. The number of hydrogen-bond acceptors (Lipinski definition) is 4. The molecule has 0 saturated carbocycles. The van der Waals surface area contributed by atoms with Crippen molar-refractivity contribution in [3.8, 4) is 11.1 Å². The smallest absolute Gasteiger partial charge is 0.328 e. The Morgan fingerprint density at radius 2 is 1.83 bits per heavy atom. The van der Waals surface area contributed by atoms with Crippen LogP contribution in [-0.2, 0) is 11.2 Å². The summed E-state index contributed by atoms with van der Waals surface area (Å²) in [6.07, 6.45) is 4.19. The van der Waals surface area contributed by atoms with Gasteiger partial charge in [0.25, 0.3) is 0 Å². The standard InChI is InChI=1S/C28H28F3N3O2/c1-16-10-20-13-18(19-6-8-24(32)33-14-19)5-7-21(20)27(34(16)15-28(2,3)31)26-22(29)11-17(12-23(26)30)4-9-25(35)36/h4-9,11-14,16,27H,10,15H2,1-3H3,(H2,32,33)(H,35,36)/b9-4+. The Labute approximate surface area is 208 Å². The Morgan fingerprint density at radius 1 is 1.17 bits per heavy atom. The number of carboxylic acids is 1. The van der Waals surface area contributed by atoms with Crippen LogP contribution >= 0.6 is 0 Å². The number of pyridine rings is 1. The van der Waals surface area contributed by atoms with Crippen LogP contribution in [0.1, 0.15) is 49.1 Å². The minimum Gasteiger partial charge on any atom is -0.478 e. The van der Waals surface area contributed by atoms with Crippen LogP contribution in [0.4, 0.5) is 19.0 Å². The van der Waals surface area contributed by atoms with E-state index >= 15 is 8.78 Å². The maximum atomic E-state index is 15.5. The fraction of sp³-hybridized carbons (Fsp3) is 0.286. The lowest BCUT2D eigenvalue weighted by molar-refractivity contribution is -0.131. The normalized spacial score (nSPS) is 18.4. The molecule has 2 unspecified atom stereocenters. The van der Waals surface area contributed by atoms with Crippen LogP contribution in [-0.4, -0.2) is 39.2 Å². The molecular formula is C28H28F3N3O2. The van der Waals surface area contributed by atoms with E-state index < -0.39 is 29.3 Å². The summed E-state index contributed by atoms with van der Waals surface area (Å²) in [4.78, 5) is 16.8. The number of hydrogen-bond donors (Lipinski definition) is 2. The molecule has 36 heavy (non-hydrogen) atoms. The van der Waals surface area contributed by atoms with Gasteiger partial charge < -0.3 is 10.8 Å². The number of carbonyl (C=O) groups is 1. The summed E-state index contributed by atoms with van der Waals surface area (Å²) < 4.78 is 45.8. The Bertz CT molecular complexity index is 1290. The van der Waals surface area contributed by atoms with E-state index in [4.69, 9.17) is 10.8 Å². The summed E-state index contributed by atoms with van der Waals surface area (Å²) in [6.45, 7) is 4.77. The number of benzene rings is 2. The van der Waals surface area contributed by atoms with Crippen molar-refractivity contribution in [2.24, 2.45) is 0 Å². The molecule has 0 aliphatic carbocycles. The van der Waals surface area contributed by atoms with Gasteiger partial charge >= 0.3 is 5.97 Å². The average molecular weight is 496 g/mol. The third-order valence-electron chi connectivity index (χ3n) is 6.32. The molecule has 1 aliphatic rings. The highest BCUT2D eigenvalue weighted by Gasteiger charge is 2.39. The molecule has 0 bridgehead atoms. The summed E-state index contributed by atoms with van der Waals surface area (Å²) in [6, 6.07) is 10.3. The van der Waals surface area contributed by atoms with Gasteiger partial charge in [-0.25, -0.2) is 22.9 Å². The van der Waals surface area contributed by atoms with E-state index in [2.05, 4.69) is 4.98 Å². The van der Waals surface area contributed by atoms with Gasteiger partial charge in [-0.3, -0.25) is 4.90 Å². The number of rotatable bonds is 6. The lowest BCUT2D eigenvalue weighted by Crippen LogP contribution is -2.48. The number of alkyl halides is 1. The molecule has 188 valence electrons. The number of nitrogens with zero attached hydrogens (tertiary/aromatic N) is 2. The van der Waals surface area contributed by atoms with Crippen molar-refractivity contribution in [1.29, 1.82) is 0 Å². The van der Waals surface area contributed by atoms with Crippen LogP contribution < -0.4 is 5.73 Å². The first-order chi connectivity index (χ1) is 16.9. The molecule has 2 aromatic carbocycles. The van der Waals surface area contributed by atoms with Crippen molar-refractivity contribution in [1.82, 2.24) is 9.88 Å². The van der Waals surface area contributed by atoms with Crippen molar-refractivity contribution in [2.45, 2.75) is 44.9 Å². The number of nitrogens with two attached hydrogens (primary N) is 1. The van der Waals surface area contributed by atoms with Crippen LogP contribution in [0.25, 0.3) is 17.2 Å². The number of fused-ring (bicyclic) bond motifs is 1. The molecule has 2 atom stereocenters. The second kappa shape index (κ2) is 9.78. The van der Waals surface area contributed by atoms with E-state index in [1.807, 2.05) is 31.2 Å². The van der Waals surface area contributed by atoms with Crippen LogP contribution in [0.15, 0.2) is 54.7 Å². The molecule has 3 N–H and O–H groups in total. The van der Waals surface area contributed by atoms with Crippen molar-refractivity contribution in [3.05, 3.63) is 88.6 Å². The molecule has 0 fully saturated rings. The molecule has 4 rings (SSSR count). The van der Waals surface area contributed by atoms with Gasteiger partial charge in [-0.05, 0) is 79.8 Å². The fourth-order valence-electron chi connectivity index (χ4n) is 4.81. The van der Waals surface area contributed by atoms with Crippen molar-refractivity contribution in [2.75, 3.05) is 12.3 Å². The van der Waals surface area contributed by atoms with E-state index in [1.165, 1.54) is 13.8 Å². The quantitative estimate of drug-likeness (QED) is 0.423. The number of halogens is 3. The van der Waals surface area contributed by atoms with Gasteiger partial charge in [-0.1, -0.05) is 18.2 Å². The Balaban J connectivity index is 1.85. The van der Waals surface area contributed by atoms with E-state index in [1.54, 1.807) is 17.2 Å². The Kier molecular flexibility index (Phi) is 6.91. The first kappa shape index (κ1) is 25.4. The van der Waals surface area contributed by atoms with Gasteiger partial charge in [0.05, 0.1) is 6.04 Å². The molecule has 8 heteroatoms. The van der Waals surface area contributed by atoms with E-state index in [9.17, 15) is 9.18 Å². The molecule has 5 nitrogen and oxygen atoms in total. The second-order valence-electron chi connectivity index (χ2n) is 9.80. The summed E-state index contributed by atoms with van der Waals surface area (Å²) in [7, 11) is 0. The Morgan fingerprint density at radius 3 is 2.42 bits per heavy atom. The van der Waals surface area contributed by atoms with Gasteiger partial charge in [-0.15, -0.1) is 0 Å². The summed E-state index contributed by atoms with van der Waals surface area (Å²) in [5.74, 6) is -2.46. The van der Waals surface area contributed by atoms with Crippen LogP contribution in [0.2, 0.25) is 0 Å². The Hall–Kier alpha value is -3.65. The first-order valence-electron chi connectivity index (χ1n) is 11.6. The molecule has 2 heterocycles. The minimum atomic E-state index is -1.60. The van der Waals surface area contributed by atoms with E-state index in [-0.39, 0.29) is 23.7 Å². The monoisotopic (exact) mass is 495 g/mol. The molecule has 0 radical (unpaired) electrons. The highest BCUT2D eigenvalue weighted by molar-refractivity contribution is 5.85. The topological polar surface area (TPSA) is 79.4 Å². The van der Waals surface area contributed by atoms with Gasteiger partial charge in [0.15, 0.2) is 0 Å². The molecule has 3 aromatic rings. The molecule has 0 spiro atoms. The summed E-state index contributed by atoms with van der Waals surface area (Å²) >= 11 is 0. The number of aliphatic carboxylic acids is 1. The maximum Gasteiger partial charge on any atom is 0.328 e. The number of nitrogen functional groups attached to an aromatic ring is 1. The van der Waals surface area contributed by atoms with E-state index in [0.717, 1.165) is 41.0 Å². The fourth-order valence-corrected chi connectivity index (χ4v) is 4.81. The number of carboxylic acid groups (broad SMARTS) is 1. The molecular weight excluding hydrogens is 467 g/mol. The van der Waals surface area contributed by atoms with Crippen LogP contribution in [0.5, 0.6) is 0 Å².